The van der Waals surface area contributed by atoms with E-state index in [0.717, 1.165) is 5.56 Å². The molecule has 6 heteroatoms. The van der Waals surface area contributed by atoms with Crippen molar-refractivity contribution in [3.05, 3.63) is 47.3 Å². The van der Waals surface area contributed by atoms with Crippen LogP contribution in [0.5, 0.6) is 0 Å². The maximum Gasteiger partial charge on any atom is 0.141 e. The van der Waals surface area contributed by atoms with Crippen LogP contribution in [0.4, 0.5) is 0 Å². The molecule has 0 bridgehead atoms. The summed E-state index contributed by atoms with van der Waals surface area (Å²) >= 11 is 0. The van der Waals surface area contributed by atoms with Crippen LogP contribution in [0.15, 0.2) is 35.0 Å². The molecule has 1 aromatic carbocycles. The van der Waals surface area contributed by atoms with Gasteiger partial charge in [0.2, 0.25) is 0 Å². The highest BCUT2D eigenvalue weighted by molar-refractivity contribution is 5.30. The fraction of sp³-hybridized carbons (Fsp3) is 0.429. The first kappa shape index (κ1) is 12.0. The van der Waals surface area contributed by atoms with E-state index in [2.05, 4.69) is 10.3 Å². The minimum Gasteiger partial charge on any atom is -0.382 e. The molecule has 0 amide bonds. The summed E-state index contributed by atoms with van der Waals surface area (Å²) in [5.41, 5.74) is 0.968. The van der Waals surface area contributed by atoms with E-state index in [0.29, 0.717) is 30.7 Å². The number of hydrogen-bond donors (Lipinski definition) is 2. The van der Waals surface area contributed by atoms with Crippen molar-refractivity contribution in [1.29, 1.82) is 0 Å². The second kappa shape index (κ2) is 4.12. The maximum atomic E-state index is 11.0. The number of nitrogens with zero attached hydrogens (tertiary/aromatic N) is 3. The number of aryl methyl sites for hydroxylation is 1. The number of hydroxylamine groups is 2. The van der Waals surface area contributed by atoms with Gasteiger partial charge in [-0.25, -0.2) is 4.63 Å². The Kier molecular flexibility index (Phi) is 2.47. The predicted octanol–water partition coefficient (Wildman–Crippen LogP) is 1.41. The van der Waals surface area contributed by atoms with E-state index in [1.54, 1.807) is 0 Å². The van der Waals surface area contributed by atoms with Crippen molar-refractivity contribution >= 4 is 0 Å². The summed E-state index contributed by atoms with van der Waals surface area (Å²) in [6, 6.07) is 9.09. The van der Waals surface area contributed by atoms with Crippen LogP contribution in [0, 0.1) is 0 Å². The van der Waals surface area contributed by atoms with Crippen molar-refractivity contribution in [2.24, 2.45) is 0 Å². The number of aromatic nitrogens is 2. The smallest absolute Gasteiger partial charge is 0.141 e. The lowest BCUT2D eigenvalue weighted by Gasteiger charge is -2.33. The van der Waals surface area contributed by atoms with Gasteiger partial charge in [-0.2, -0.15) is 5.06 Å². The zero-order chi connectivity index (χ0) is 13.7. The molecule has 2 heterocycles. The van der Waals surface area contributed by atoms with Crippen molar-refractivity contribution in [2.75, 3.05) is 0 Å². The first-order valence-corrected chi connectivity index (χ1v) is 6.76. The van der Waals surface area contributed by atoms with Crippen LogP contribution in [-0.2, 0) is 12.0 Å². The summed E-state index contributed by atoms with van der Waals surface area (Å²) in [6.07, 6.45) is 1.68. The number of hydrogen-bond acceptors (Lipinski definition) is 6. The molecule has 2 N–H and O–H groups in total. The van der Waals surface area contributed by atoms with E-state index in [1.807, 2.05) is 30.3 Å². The Balaban J connectivity index is 1.76. The molecule has 0 saturated carbocycles. The molecule has 1 saturated heterocycles. The average molecular weight is 273 g/mol. The minimum absolute atomic E-state index is 0.242. The topological polar surface area (TPSA) is 82.6 Å². The fourth-order valence-corrected chi connectivity index (χ4v) is 3.50. The van der Waals surface area contributed by atoms with Crippen LogP contribution in [0.3, 0.4) is 0 Å². The Hall–Kier alpha value is -1.76. The van der Waals surface area contributed by atoms with Gasteiger partial charge >= 0.3 is 0 Å². The SMILES string of the molecule is ON1[C@H]2CCc3nonc3[C@]2(O)C[C@H]1c1ccccc1. The predicted molar refractivity (Wildman–Crippen MR) is 67.7 cm³/mol. The van der Waals surface area contributed by atoms with E-state index in [-0.39, 0.29) is 12.1 Å². The van der Waals surface area contributed by atoms with Crippen LogP contribution in [0.25, 0.3) is 0 Å². The Morgan fingerprint density at radius 1 is 1.25 bits per heavy atom. The average Bonchev–Trinajstić information content (AvgIpc) is 3.04. The van der Waals surface area contributed by atoms with Gasteiger partial charge in [0.25, 0.3) is 0 Å². The molecule has 2 aliphatic rings. The molecule has 1 aliphatic carbocycles. The highest BCUT2D eigenvalue weighted by Crippen LogP contribution is 2.50. The lowest BCUT2D eigenvalue weighted by molar-refractivity contribution is -0.163. The molecular formula is C14H15N3O3. The molecule has 104 valence electrons. The first-order chi connectivity index (χ1) is 9.70. The third-order valence-electron chi connectivity index (χ3n) is 4.50. The van der Waals surface area contributed by atoms with Crippen LogP contribution in [0.1, 0.15) is 35.8 Å². The van der Waals surface area contributed by atoms with Gasteiger partial charge in [0.15, 0.2) is 0 Å². The summed E-state index contributed by atoms with van der Waals surface area (Å²) in [6.45, 7) is 0. The summed E-state index contributed by atoms with van der Waals surface area (Å²) in [7, 11) is 0. The van der Waals surface area contributed by atoms with Gasteiger partial charge in [0.05, 0.1) is 12.1 Å². The monoisotopic (exact) mass is 273 g/mol. The van der Waals surface area contributed by atoms with E-state index in [1.165, 1.54) is 5.06 Å². The van der Waals surface area contributed by atoms with Crippen molar-refractivity contribution in [1.82, 2.24) is 15.4 Å². The Labute approximate surface area is 115 Å². The molecule has 20 heavy (non-hydrogen) atoms. The van der Waals surface area contributed by atoms with Gasteiger partial charge in [0.1, 0.15) is 17.0 Å². The first-order valence-electron chi connectivity index (χ1n) is 6.76. The fourth-order valence-electron chi connectivity index (χ4n) is 3.50. The normalized spacial score (nSPS) is 32.9. The lowest BCUT2D eigenvalue weighted by atomic mass is 9.80. The van der Waals surface area contributed by atoms with Gasteiger partial charge in [-0.05, 0) is 18.4 Å². The second-order valence-corrected chi connectivity index (χ2v) is 5.55. The number of benzene rings is 1. The van der Waals surface area contributed by atoms with Crippen molar-refractivity contribution in [3.63, 3.8) is 0 Å². The van der Waals surface area contributed by atoms with Gasteiger partial charge < -0.3 is 10.3 Å². The molecular weight excluding hydrogens is 258 g/mol. The van der Waals surface area contributed by atoms with Gasteiger partial charge in [-0.3, -0.25) is 0 Å². The second-order valence-electron chi connectivity index (χ2n) is 5.55. The standard InChI is InChI=1S/C14H15N3O3/c18-14-8-11(9-4-2-1-3-5-9)17(19)12(14)7-6-10-13(14)16-20-15-10/h1-5,11-12,18-19H,6-8H2/t11-,12-,14-/m0/s1. The highest BCUT2D eigenvalue weighted by atomic mass is 16.6. The van der Waals surface area contributed by atoms with Gasteiger partial charge in [-0.15, -0.1) is 0 Å². The van der Waals surface area contributed by atoms with E-state index in [4.69, 9.17) is 4.63 Å². The van der Waals surface area contributed by atoms with Gasteiger partial charge in [-0.1, -0.05) is 40.6 Å². The quantitative estimate of drug-likeness (QED) is 0.817. The molecule has 3 atom stereocenters. The minimum atomic E-state index is -1.19. The Bertz CT molecular complexity index is 630. The zero-order valence-corrected chi connectivity index (χ0v) is 10.8. The van der Waals surface area contributed by atoms with Crippen LogP contribution in [0.2, 0.25) is 0 Å². The van der Waals surface area contributed by atoms with E-state index < -0.39 is 5.60 Å². The van der Waals surface area contributed by atoms with Crippen molar-refractivity contribution in [2.45, 2.75) is 36.9 Å². The van der Waals surface area contributed by atoms with Gasteiger partial charge in [0, 0.05) is 6.42 Å². The summed E-state index contributed by atoms with van der Waals surface area (Å²) < 4.78 is 4.76. The molecule has 0 radical (unpaired) electrons. The lowest BCUT2D eigenvalue weighted by Crippen LogP contribution is -2.45. The largest absolute Gasteiger partial charge is 0.382 e. The van der Waals surface area contributed by atoms with E-state index >= 15 is 0 Å². The third kappa shape index (κ3) is 1.49. The number of fused-ring (bicyclic) bond motifs is 3. The molecule has 1 aliphatic heterocycles. The molecule has 2 aromatic rings. The highest BCUT2D eigenvalue weighted by Gasteiger charge is 2.57. The number of rotatable bonds is 1. The van der Waals surface area contributed by atoms with Crippen molar-refractivity contribution < 1.29 is 14.9 Å². The summed E-state index contributed by atoms with van der Waals surface area (Å²) in [5, 5.41) is 30.4. The Morgan fingerprint density at radius 2 is 2.05 bits per heavy atom. The van der Waals surface area contributed by atoms with Crippen LogP contribution >= 0.6 is 0 Å². The van der Waals surface area contributed by atoms with Crippen molar-refractivity contribution in [3.8, 4) is 0 Å². The zero-order valence-electron chi connectivity index (χ0n) is 10.8. The van der Waals surface area contributed by atoms with Crippen LogP contribution < -0.4 is 0 Å². The maximum absolute atomic E-state index is 11.0. The third-order valence-corrected chi connectivity index (χ3v) is 4.50. The Morgan fingerprint density at radius 3 is 2.85 bits per heavy atom. The molecule has 4 rings (SSSR count). The summed E-state index contributed by atoms with van der Waals surface area (Å²) in [5.74, 6) is 0. The molecule has 0 spiro atoms. The van der Waals surface area contributed by atoms with E-state index in [9.17, 15) is 10.3 Å². The number of aliphatic hydroxyl groups is 1. The molecule has 1 fully saturated rings. The van der Waals surface area contributed by atoms with Crippen LogP contribution in [-0.4, -0.2) is 31.7 Å². The molecule has 1 aromatic heterocycles. The molecule has 0 unspecified atom stereocenters. The summed E-state index contributed by atoms with van der Waals surface area (Å²) in [4.78, 5) is 0. The molecule has 6 nitrogen and oxygen atoms in total.